The monoisotopic (exact) mass is 466 g/mol. The minimum atomic E-state index is -3.86. The Bertz CT molecular complexity index is 1140. The number of carbonyl (C=O) groups excluding carboxylic acids is 1. The molecule has 3 aromatic rings. The maximum absolute atomic E-state index is 13.4. The van der Waals surface area contributed by atoms with Gasteiger partial charge in [0, 0.05) is 17.0 Å². The lowest BCUT2D eigenvalue weighted by Crippen LogP contribution is -2.18. The van der Waals surface area contributed by atoms with E-state index < -0.39 is 15.1 Å². The van der Waals surface area contributed by atoms with Gasteiger partial charge in [-0.15, -0.1) is 0 Å². The Morgan fingerprint density at radius 2 is 1.48 bits per heavy atom. The van der Waals surface area contributed by atoms with Crippen LogP contribution in [-0.2, 0) is 9.84 Å². The number of sulfone groups is 1. The summed E-state index contributed by atoms with van der Waals surface area (Å²) in [5, 5.41) is -0.0730. The van der Waals surface area contributed by atoms with Crippen molar-refractivity contribution >= 4 is 50.4 Å². The normalized spacial score (nSPS) is 12.6. The summed E-state index contributed by atoms with van der Waals surface area (Å²) in [5.41, 5.74) is 1.73. The first-order valence-corrected chi connectivity index (χ1v) is 11.4. The van der Waals surface area contributed by atoms with Crippen molar-refractivity contribution in [3.63, 3.8) is 0 Å². The van der Waals surface area contributed by atoms with Crippen LogP contribution in [0.15, 0.2) is 71.6 Å². The number of rotatable bonds is 6. The zero-order valence-corrected chi connectivity index (χ0v) is 18.5. The number of halogens is 3. The van der Waals surface area contributed by atoms with Crippen molar-refractivity contribution in [2.75, 3.05) is 0 Å². The van der Waals surface area contributed by atoms with E-state index in [2.05, 4.69) is 0 Å². The Morgan fingerprint density at radius 3 is 2.07 bits per heavy atom. The highest BCUT2D eigenvalue weighted by molar-refractivity contribution is 7.91. The highest BCUT2D eigenvalue weighted by Gasteiger charge is 2.32. The first-order valence-electron chi connectivity index (χ1n) is 8.73. The van der Waals surface area contributed by atoms with Gasteiger partial charge in [0.25, 0.3) is 0 Å². The Kier molecular flexibility index (Phi) is 6.69. The molecule has 0 aliphatic carbocycles. The number of ketones is 1. The predicted octanol–water partition coefficient (Wildman–Crippen LogP) is 6.74. The second-order valence-corrected chi connectivity index (χ2v) is 10.0. The molecule has 0 radical (unpaired) electrons. The van der Waals surface area contributed by atoms with Crippen molar-refractivity contribution in [2.24, 2.45) is 0 Å². The Labute approximate surface area is 185 Å². The van der Waals surface area contributed by atoms with Gasteiger partial charge in [-0.3, -0.25) is 4.79 Å². The molecule has 0 bridgehead atoms. The van der Waals surface area contributed by atoms with Crippen LogP contribution >= 0.6 is 34.8 Å². The Morgan fingerprint density at radius 1 is 0.862 bits per heavy atom. The topological polar surface area (TPSA) is 51.2 Å². The largest absolute Gasteiger partial charge is 0.294 e. The second kappa shape index (κ2) is 8.88. The molecular formula is C22H17Cl3O3S. The van der Waals surface area contributed by atoms with Crippen molar-refractivity contribution in [3.05, 3.63) is 98.5 Å². The van der Waals surface area contributed by atoms with E-state index in [0.29, 0.717) is 21.2 Å². The third kappa shape index (κ3) is 5.01. The SMILES string of the molecule is Cc1ccc(S(=O)(=O)[C@@H](CC(=O)c2ccc(Cl)cc2)c2ccc(Cl)c(Cl)c2)cc1. The number of hydrogen-bond donors (Lipinski definition) is 0. The summed E-state index contributed by atoms with van der Waals surface area (Å²) in [6, 6.07) is 17.5. The van der Waals surface area contributed by atoms with E-state index in [9.17, 15) is 13.2 Å². The molecule has 0 saturated heterocycles. The van der Waals surface area contributed by atoms with E-state index in [1.165, 1.54) is 12.1 Å². The summed E-state index contributed by atoms with van der Waals surface area (Å²) in [7, 11) is -3.86. The molecule has 150 valence electrons. The molecule has 0 saturated carbocycles. The van der Waals surface area contributed by atoms with Gasteiger partial charge in [-0.25, -0.2) is 8.42 Å². The van der Waals surface area contributed by atoms with E-state index in [1.807, 2.05) is 6.92 Å². The van der Waals surface area contributed by atoms with Crippen LogP contribution in [0.1, 0.15) is 33.2 Å². The fourth-order valence-corrected chi connectivity index (χ4v) is 5.09. The van der Waals surface area contributed by atoms with E-state index >= 15 is 0 Å². The molecular weight excluding hydrogens is 451 g/mol. The van der Waals surface area contributed by atoms with Gasteiger partial charge in [-0.05, 0) is 61.0 Å². The summed E-state index contributed by atoms with van der Waals surface area (Å²) in [6.45, 7) is 1.87. The van der Waals surface area contributed by atoms with Crippen LogP contribution in [0.2, 0.25) is 15.1 Å². The van der Waals surface area contributed by atoms with Crippen molar-refractivity contribution in [1.29, 1.82) is 0 Å². The number of benzene rings is 3. The minimum absolute atomic E-state index is 0.142. The molecule has 0 N–H and O–H groups in total. The Balaban J connectivity index is 2.05. The van der Waals surface area contributed by atoms with Crippen LogP contribution in [0, 0.1) is 6.92 Å². The van der Waals surface area contributed by atoms with E-state index in [4.69, 9.17) is 34.8 Å². The molecule has 7 heteroatoms. The van der Waals surface area contributed by atoms with Crippen LogP contribution in [0.5, 0.6) is 0 Å². The minimum Gasteiger partial charge on any atom is -0.294 e. The van der Waals surface area contributed by atoms with Crippen LogP contribution in [0.4, 0.5) is 0 Å². The van der Waals surface area contributed by atoms with E-state index in [1.54, 1.807) is 54.6 Å². The van der Waals surface area contributed by atoms with Crippen LogP contribution in [0.3, 0.4) is 0 Å². The van der Waals surface area contributed by atoms with Gasteiger partial charge < -0.3 is 0 Å². The van der Waals surface area contributed by atoms with Crippen LogP contribution < -0.4 is 0 Å². The summed E-state index contributed by atoms with van der Waals surface area (Å²) >= 11 is 18.0. The molecule has 0 aromatic heterocycles. The van der Waals surface area contributed by atoms with Gasteiger partial charge in [0.05, 0.1) is 20.2 Å². The zero-order chi connectivity index (χ0) is 21.2. The lowest BCUT2D eigenvalue weighted by atomic mass is 10.0. The lowest BCUT2D eigenvalue weighted by molar-refractivity contribution is 0.0980. The molecule has 3 nitrogen and oxygen atoms in total. The maximum Gasteiger partial charge on any atom is 0.185 e. The molecule has 3 aromatic carbocycles. The number of carbonyl (C=O) groups is 1. The van der Waals surface area contributed by atoms with E-state index in [-0.39, 0.29) is 22.1 Å². The molecule has 0 aliphatic heterocycles. The molecule has 0 aliphatic rings. The van der Waals surface area contributed by atoms with Crippen LogP contribution in [-0.4, -0.2) is 14.2 Å². The summed E-state index contributed by atoms with van der Waals surface area (Å²) in [6.07, 6.45) is -0.240. The zero-order valence-electron chi connectivity index (χ0n) is 15.4. The standard InChI is InChI=1S/C22H17Cl3O3S/c1-14-2-9-18(10-3-14)29(27,28)22(16-6-11-19(24)20(25)12-16)13-21(26)15-4-7-17(23)8-5-15/h2-12,22H,13H2,1H3/t22-/m0/s1. The number of aryl methyl sites for hydroxylation is 1. The first kappa shape index (κ1) is 21.8. The maximum atomic E-state index is 13.4. The van der Waals surface area contributed by atoms with Gasteiger partial charge in [-0.1, -0.05) is 58.6 Å². The van der Waals surface area contributed by atoms with Gasteiger partial charge >= 0.3 is 0 Å². The van der Waals surface area contributed by atoms with Gasteiger partial charge in [0.15, 0.2) is 15.6 Å². The lowest BCUT2D eigenvalue weighted by Gasteiger charge is -2.19. The van der Waals surface area contributed by atoms with Crippen LogP contribution in [0.25, 0.3) is 0 Å². The molecule has 0 fully saturated rings. The van der Waals surface area contributed by atoms with Gasteiger partial charge in [0.1, 0.15) is 0 Å². The van der Waals surface area contributed by atoms with Crippen molar-refractivity contribution < 1.29 is 13.2 Å². The third-order valence-electron chi connectivity index (χ3n) is 4.58. The Hall–Kier alpha value is -1.85. The third-order valence-corrected chi connectivity index (χ3v) is 7.68. The average molecular weight is 468 g/mol. The summed E-state index contributed by atoms with van der Waals surface area (Å²) < 4.78 is 26.8. The quantitative estimate of drug-likeness (QED) is 0.377. The summed E-state index contributed by atoms with van der Waals surface area (Å²) in [4.78, 5) is 13.0. The fraction of sp³-hybridized carbons (Fsp3) is 0.136. The molecule has 0 spiro atoms. The van der Waals surface area contributed by atoms with Crippen molar-refractivity contribution in [1.82, 2.24) is 0 Å². The molecule has 0 amide bonds. The number of Topliss-reactive ketones (excluding diaryl/α,β-unsaturated/α-hetero) is 1. The van der Waals surface area contributed by atoms with Gasteiger partial charge in [-0.2, -0.15) is 0 Å². The van der Waals surface area contributed by atoms with E-state index in [0.717, 1.165) is 5.56 Å². The molecule has 0 heterocycles. The highest BCUT2D eigenvalue weighted by atomic mass is 35.5. The molecule has 1 atom stereocenters. The molecule has 0 unspecified atom stereocenters. The number of hydrogen-bond acceptors (Lipinski definition) is 3. The molecule has 3 rings (SSSR count). The first-order chi connectivity index (χ1) is 13.7. The average Bonchev–Trinajstić information content (AvgIpc) is 2.69. The fourth-order valence-electron chi connectivity index (χ4n) is 2.93. The van der Waals surface area contributed by atoms with Crippen molar-refractivity contribution in [2.45, 2.75) is 23.5 Å². The summed E-state index contributed by atoms with van der Waals surface area (Å²) in [5.74, 6) is -0.312. The highest BCUT2D eigenvalue weighted by Crippen LogP contribution is 2.36. The second-order valence-electron chi connectivity index (χ2n) is 6.65. The smallest absolute Gasteiger partial charge is 0.185 e. The van der Waals surface area contributed by atoms with Gasteiger partial charge in [0.2, 0.25) is 0 Å². The molecule has 29 heavy (non-hydrogen) atoms. The van der Waals surface area contributed by atoms with Crippen molar-refractivity contribution in [3.8, 4) is 0 Å². The predicted molar refractivity (Wildman–Crippen MR) is 118 cm³/mol.